The molecule has 5 nitrogen and oxygen atoms in total. The molecule has 0 saturated heterocycles. The lowest BCUT2D eigenvalue weighted by Gasteiger charge is -1.96. The lowest BCUT2D eigenvalue weighted by atomic mass is 10.6. The Morgan fingerprint density at radius 2 is 2.64 bits per heavy atom. The third kappa shape index (κ3) is 2.23. The van der Waals surface area contributed by atoms with Gasteiger partial charge in [-0.25, -0.2) is 9.78 Å². The van der Waals surface area contributed by atoms with E-state index >= 15 is 0 Å². The Morgan fingerprint density at radius 3 is 3.18 bits per heavy atom. The van der Waals surface area contributed by atoms with Crippen molar-refractivity contribution in [3.8, 4) is 0 Å². The first-order valence-corrected chi connectivity index (χ1v) is 3.61. The van der Waals surface area contributed by atoms with E-state index < -0.39 is 5.97 Å². The smallest absolute Gasteiger partial charge is 0.378 e. The largest absolute Gasteiger partial charge is 0.459 e. The third-order valence-electron chi connectivity index (χ3n) is 0.922. The number of aromatic nitrogens is 3. The maximum Gasteiger partial charge on any atom is 0.378 e. The number of nitrogens with zero attached hydrogens (tertiary/aromatic N) is 2. The number of rotatable bonds is 3. The second-order valence-corrected chi connectivity index (χ2v) is 2.13. The second-order valence-electron chi connectivity index (χ2n) is 1.68. The highest BCUT2D eigenvalue weighted by Gasteiger charge is 2.09. The molecule has 0 saturated carbocycles. The number of thiol groups is 1. The Morgan fingerprint density at radius 1 is 1.82 bits per heavy atom. The molecule has 0 fully saturated rings. The van der Waals surface area contributed by atoms with Gasteiger partial charge >= 0.3 is 5.97 Å². The molecule has 0 bridgehead atoms. The summed E-state index contributed by atoms with van der Waals surface area (Å²) >= 11 is 3.87. The maximum atomic E-state index is 10.9. The van der Waals surface area contributed by atoms with Crippen molar-refractivity contribution in [2.75, 3.05) is 12.4 Å². The zero-order valence-electron chi connectivity index (χ0n) is 5.65. The Labute approximate surface area is 68.6 Å². The summed E-state index contributed by atoms with van der Waals surface area (Å²) in [4.78, 5) is 14.5. The summed E-state index contributed by atoms with van der Waals surface area (Å²) in [7, 11) is 0. The van der Waals surface area contributed by atoms with Crippen LogP contribution in [0.5, 0.6) is 0 Å². The predicted octanol–water partition coefficient (Wildman–Crippen LogP) is -0.109. The van der Waals surface area contributed by atoms with E-state index in [1.165, 1.54) is 6.33 Å². The summed E-state index contributed by atoms with van der Waals surface area (Å²) in [6.45, 7) is 0.274. The minimum absolute atomic E-state index is 0.0479. The molecule has 0 spiro atoms. The van der Waals surface area contributed by atoms with Crippen molar-refractivity contribution in [2.45, 2.75) is 0 Å². The van der Waals surface area contributed by atoms with Crippen LogP contribution in [0.4, 0.5) is 0 Å². The van der Waals surface area contributed by atoms with Gasteiger partial charge in [-0.1, -0.05) is 0 Å². The monoisotopic (exact) mass is 173 g/mol. The van der Waals surface area contributed by atoms with Crippen LogP contribution in [0.2, 0.25) is 0 Å². The number of H-pyrrole nitrogens is 1. The highest BCUT2D eigenvalue weighted by Crippen LogP contribution is 1.90. The van der Waals surface area contributed by atoms with Crippen LogP contribution in [0.25, 0.3) is 0 Å². The number of hydrogen-bond acceptors (Lipinski definition) is 5. The van der Waals surface area contributed by atoms with E-state index in [1.54, 1.807) is 0 Å². The standard InChI is InChI=1S/C5H7N3O2S/c9-5(10-1-2-11)4-6-3-7-8-4/h3,11H,1-2H2,(H,6,7,8). The molecular formula is C5H7N3O2S. The van der Waals surface area contributed by atoms with Gasteiger partial charge in [0.05, 0.1) is 0 Å². The van der Waals surface area contributed by atoms with Gasteiger partial charge in [0.25, 0.3) is 5.82 Å². The van der Waals surface area contributed by atoms with Gasteiger partial charge in [0, 0.05) is 5.75 Å². The molecule has 60 valence electrons. The summed E-state index contributed by atoms with van der Waals surface area (Å²) in [5.41, 5.74) is 0. The first-order chi connectivity index (χ1) is 5.34. The van der Waals surface area contributed by atoms with Gasteiger partial charge in [-0.15, -0.1) is 5.10 Å². The molecule has 0 aliphatic rings. The molecule has 1 N–H and O–H groups in total. The van der Waals surface area contributed by atoms with Crippen molar-refractivity contribution in [1.82, 2.24) is 15.2 Å². The number of carbonyl (C=O) groups is 1. The normalized spacial score (nSPS) is 9.55. The second kappa shape index (κ2) is 3.97. The maximum absolute atomic E-state index is 10.9. The fraction of sp³-hybridized carbons (Fsp3) is 0.400. The molecule has 0 aliphatic heterocycles. The molecule has 0 atom stereocenters. The fourth-order valence-electron chi connectivity index (χ4n) is 0.510. The molecule has 0 aromatic carbocycles. The molecule has 1 rings (SSSR count). The highest BCUT2D eigenvalue weighted by molar-refractivity contribution is 7.80. The lowest BCUT2D eigenvalue weighted by Crippen LogP contribution is -2.08. The average Bonchev–Trinajstić information content (AvgIpc) is 2.52. The summed E-state index contributed by atoms with van der Waals surface area (Å²) in [5, 5.41) is 5.94. The summed E-state index contributed by atoms with van der Waals surface area (Å²) in [6, 6.07) is 0. The van der Waals surface area contributed by atoms with Gasteiger partial charge in [-0.3, -0.25) is 5.10 Å². The van der Waals surface area contributed by atoms with Gasteiger partial charge in [-0.05, 0) is 0 Å². The van der Waals surface area contributed by atoms with Crippen LogP contribution in [-0.4, -0.2) is 33.5 Å². The molecule has 0 unspecified atom stereocenters. The Kier molecular flexibility index (Phi) is 2.91. The van der Waals surface area contributed by atoms with E-state index in [0.717, 1.165) is 0 Å². The first kappa shape index (κ1) is 8.06. The number of esters is 1. The molecule has 1 aromatic rings. The van der Waals surface area contributed by atoms with Crippen molar-refractivity contribution in [3.63, 3.8) is 0 Å². The number of aromatic amines is 1. The van der Waals surface area contributed by atoms with Crippen molar-refractivity contribution < 1.29 is 9.53 Å². The highest BCUT2D eigenvalue weighted by atomic mass is 32.1. The Balaban J connectivity index is 2.43. The molecule has 0 aliphatic carbocycles. The molecule has 11 heavy (non-hydrogen) atoms. The Bertz CT molecular complexity index is 224. The van der Waals surface area contributed by atoms with Crippen LogP contribution < -0.4 is 0 Å². The molecule has 1 aromatic heterocycles. The number of carbonyl (C=O) groups excluding carboxylic acids is 1. The van der Waals surface area contributed by atoms with Gasteiger partial charge in [0.15, 0.2) is 0 Å². The predicted molar refractivity (Wildman–Crippen MR) is 40.5 cm³/mol. The van der Waals surface area contributed by atoms with Gasteiger partial charge in [0.2, 0.25) is 0 Å². The van der Waals surface area contributed by atoms with Crippen LogP contribution in [0.15, 0.2) is 6.33 Å². The van der Waals surface area contributed by atoms with Gasteiger partial charge < -0.3 is 4.74 Å². The van der Waals surface area contributed by atoms with Gasteiger partial charge in [0.1, 0.15) is 12.9 Å². The average molecular weight is 173 g/mol. The zero-order chi connectivity index (χ0) is 8.10. The minimum Gasteiger partial charge on any atom is -0.459 e. The van der Waals surface area contributed by atoms with E-state index in [0.29, 0.717) is 5.75 Å². The molecule has 6 heteroatoms. The van der Waals surface area contributed by atoms with E-state index in [2.05, 4.69) is 32.5 Å². The Hall–Kier alpha value is -1.04. The summed E-state index contributed by atoms with van der Waals surface area (Å²) in [6.07, 6.45) is 1.32. The van der Waals surface area contributed by atoms with Crippen LogP contribution in [0.1, 0.15) is 10.6 Å². The van der Waals surface area contributed by atoms with E-state index in [1.807, 2.05) is 0 Å². The molecule has 0 amide bonds. The first-order valence-electron chi connectivity index (χ1n) is 2.98. The van der Waals surface area contributed by atoms with Crippen LogP contribution >= 0.6 is 12.6 Å². The van der Waals surface area contributed by atoms with E-state index in [9.17, 15) is 4.79 Å². The van der Waals surface area contributed by atoms with Crippen LogP contribution in [0.3, 0.4) is 0 Å². The van der Waals surface area contributed by atoms with Crippen molar-refractivity contribution in [2.24, 2.45) is 0 Å². The quantitative estimate of drug-likeness (QED) is 0.494. The van der Waals surface area contributed by atoms with E-state index in [-0.39, 0.29) is 12.4 Å². The molecular weight excluding hydrogens is 166 g/mol. The SMILES string of the molecule is O=C(OCCS)c1nc[nH]n1. The molecule has 1 heterocycles. The van der Waals surface area contributed by atoms with Gasteiger partial charge in [-0.2, -0.15) is 12.6 Å². The van der Waals surface area contributed by atoms with E-state index in [4.69, 9.17) is 0 Å². The van der Waals surface area contributed by atoms with Crippen LogP contribution in [-0.2, 0) is 4.74 Å². The topological polar surface area (TPSA) is 67.9 Å². The third-order valence-corrected chi connectivity index (χ3v) is 1.10. The number of ether oxygens (including phenoxy) is 1. The number of nitrogens with one attached hydrogen (secondary N) is 1. The fourth-order valence-corrected chi connectivity index (χ4v) is 0.601. The zero-order valence-corrected chi connectivity index (χ0v) is 6.54. The summed E-state index contributed by atoms with van der Waals surface area (Å²) in [5.74, 6) is 0.0166. The molecule has 0 radical (unpaired) electrons. The lowest BCUT2D eigenvalue weighted by molar-refractivity contribution is 0.0517. The van der Waals surface area contributed by atoms with Crippen molar-refractivity contribution in [3.05, 3.63) is 12.2 Å². The van der Waals surface area contributed by atoms with Crippen molar-refractivity contribution in [1.29, 1.82) is 0 Å². The minimum atomic E-state index is -0.527. The number of hydrogen-bond donors (Lipinski definition) is 2. The van der Waals surface area contributed by atoms with Crippen LogP contribution in [0, 0.1) is 0 Å². The summed E-state index contributed by atoms with van der Waals surface area (Å²) < 4.78 is 4.68. The van der Waals surface area contributed by atoms with Crippen molar-refractivity contribution >= 4 is 18.6 Å².